The Hall–Kier alpha value is -1.15. The number of hydrogen-bond donors (Lipinski definition) is 0. The summed E-state index contributed by atoms with van der Waals surface area (Å²) in [5, 5.41) is 0.185. The minimum Gasteiger partial charge on any atom is -0.288 e. The van der Waals surface area contributed by atoms with Gasteiger partial charge in [0.2, 0.25) is 0 Å². The van der Waals surface area contributed by atoms with Gasteiger partial charge < -0.3 is 0 Å². The van der Waals surface area contributed by atoms with E-state index in [4.69, 9.17) is 11.6 Å². The molecule has 1 aliphatic carbocycles. The molecule has 0 spiro atoms. The van der Waals surface area contributed by atoms with Crippen molar-refractivity contribution < 1.29 is 4.39 Å². The number of halogens is 2. The molecule has 94 valence electrons. The number of benzene rings is 1. The fourth-order valence-electron chi connectivity index (χ4n) is 3.08. The van der Waals surface area contributed by atoms with E-state index in [1.807, 2.05) is 12.3 Å². The molecule has 0 saturated carbocycles. The van der Waals surface area contributed by atoms with Gasteiger partial charge in [0.05, 0.1) is 11.6 Å². The van der Waals surface area contributed by atoms with Gasteiger partial charge in [0.1, 0.15) is 5.82 Å². The lowest BCUT2D eigenvalue weighted by molar-refractivity contribution is 0.419. The van der Waals surface area contributed by atoms with Gasteiger partial charge in [-0.15, -0.1) is 0 Å². The number of rotatable bonds is 1. The summed E-state index contributed by atoms with van der Waals surface area (Å²) in [6, 6.07) is 5.13. The van der Waals surface area contributed by atoms with Gasteiger partial charge in [-0.2, -0.15) is 0 Å². The van der Waals surface area contributed by atoms with Gasteiger partial charge in [-0.1, -0.05) is 31.5 Å². The summed E-state index contributed by atoms with van der Waals surface area (Å²) in [4.78, 5) is 4.36. The summed E-state index contributed by atoms with van der Waals surface area (Å²) in [5.41, 5.74) is 3.85. The van der Waals surface area contributed by atoms with Crippen molar-refractivity contribution in [3.8, 4) is 0 Å². The first-order valence-corrected chi connectivity index (χ1v) is 6.55. The van der Waals surface area contributed by atoms with Crippen molar-refractivity contribution in [2.75, 3.05) is 6.54 Å². The monoisotopic (exact) mass is 263 g/mol. The molecule has 0 N–H and O–H groups in total. The van der Waals surface area contributed by atoms with Crippen LogP contribution in [0.1, 0.15) is 31.7 Å². The second-order valence-corrected chi connectivity index (χ2v) is 6.13. The van der Waals surface area contributed by atoms with Crippen LogP contribution in [0.4, 0.5) is 4.39 Å². The molecule has 2 aliphatic rings. The molecule has 0 aromatic heterocycles. The van der Waals surface area contributed by atoms with Crippen molar-refractivity contribution in [3.05, 3.63) is 45.7 Å². The minimum atomic E-state index is -0.337. The Kier molecular flexibility index (Phi) is 2.60. The maximum atomic E-state index is 13.6. The molecule has 1 atom stereocenters. The molecular formula is C15H15ClFN. The highest BCUT2D eigenvalue weighted by atomic mass is 35.5. The quantitative estimate of drug-likeness (QED) is 0.713. The van der Waals surface area contributed by atoms with Gasteiger partial charge in [-0.05, 0) is 40.7 Å². The first-order valence-electron chi connectivity index (χ1n) is 6.17. The van der Waals surface area contributed by atoms with Gasteiger partial charge >= 0.3 is 0 Å². The predicted octanol–water partition coefficient (Wildman–Crippen LogP) is 4.37. The van der Waals surface area contributed by atoms with Gasteiger partial charge in [0, 0.05) is 12.1 Å². The fourth-order valence-corrected chi connectivity index (χ4v) is 3.20. The van der Waals surface area contributed by atoms with Crippen LogP contribution in [0.3, 0.4) is 0 Å². The molecule has 3 heteroatoms. The smallest absolute Gasteiger partial charge is 0.142 e. The number of hydrogen-bond acceptors (Lipinski definition) is 1. The molecule has 0 amide bonds. The summed E-state index contributed by atoms with van der Waals surface area (Å²) < 4.78 is 13.6. The van der Waals surface area contributed by atoms with E-state index in [2.05, 4.69) is 18.8 Å². The maximum absolute atomic E-state index is 13.6. The Bertz CT molecular complexity index is 572. The van der Waals surface area contributed by atoms with Crippen LogP contribution in [0.2, 0.25) is 5.02 Å². The van der Waals surface area contributed by atoms with Crippen LogP contribution < -0.4 is 0 Å². The third-order valence-corrected chi connectivity index (χ3v) is 4.39. The van der Waals surface area contributed by atoms with E-state index in [0.717, 1.165) is 18.5 Å². The summed E-state index contributed by atoms with van der Waals surface area (Å²) in [7, 11) is 0. The highest BCUT2D eigenvalue weighted by Gasteiger charge is 2.40. The van der Waals surface area contributed by atoms with Gasteiger partial charge in [0.25, 0.3) is 0 Å². The van der Waals surface area contributed by atoms with Crippen LogP contribution in [0.5, 0.6) is 0 Å². The maximum Gasteiger partial charge on any atom is 0.142 e. The van der Waals surface area contributed by atoms with Gasteiger partial charge in [-0.25, -0.2) is 4.39 Å². The second kappa shape index (κ2) is 3.92. The van der Waals surface area contributed by atoms with Crippen molar-refractivity contribution in [2.45, 2.75) is 26.2 Å². The van der Waals surface area contributed by atoms with E-state index in [9.17, 15) is 4.39 Å². The van der Waals surface area contributed by atoms with Crippen molar-refractivity contribution in [1.29, 1.82) is 0 Å². The van der Waals surface area contributed by atoms with E-state index in [1.54, 1.807) is 12.1 Å². The Morgan fingerprint density at radius 1 is 1.39 bits per heavy atom. The molecule has 0 radical (unpaired) electrons. The largest absolute Gasteiger partial charge is 0.288 e. The van der Waals surface area contributed by atoms with E-state index in [-0.39, 0.29) is 22.2 Å². The third-order valence-electron chi connectivity index (χ3n) is 4.08. The average molecular weight is 264 g/mol. The normalized spacial score (nSPS) is 24.8. The zero-order valence-corrected chi connectivity index (χ0v) is 11.3. The summed E-state index contributed by atoms with van der Waals surface area (Å²) in [6.45, 7) is 5.28. The lowest BCUT2D eigenvalue weighted by Gasteiger charge is -2.22. The van der Waals surface area contributed by atoms with Crippen LogP contribution >= 0.6 is 11.6 Å². The highest BCUT2D eigenvalue weighted by Crippen LogP contribution is 2.51. The number of aliphatic imine (C=N–C) groups is 1. The van der Waals surface area contributed by atoms with Crippen molar-refractivity contribution in [1.82, 2.24) is 0 Å². The first kappa shape index (κ1) is 11.9. The summed E-state index contributed by atoms with van der Waals surface area (Å²) >= 11 is 5.74. The molecule has 1 heterocycles. The van der Waals surface area contributed by atoms with Crippen molar-refractivity contribution >= 4 is 17.8 Å². The summed E-state index contributed by atoms with van der Waals surface area (Å²) in [5.74, 6) is -0.0797. The number of allylic oxidation sites excluding steroid dienone is 1. The Morgan fingerprint density at radius 3 is 2.89 bits per heavy atom. The Labute approximate surface area is 111 Å². The van der Waals surface area contributed by atoms with Crippen LogP contribution in [-0.4, -0.2) is 12.8 Å². The molecule has 3 rings (SSSR count). The number of nitrogens with zero attached hydrogens (tertiary/aromatic N) is 1. The fraction of sp³-hybridized carbons (Fsp3) is 0.400. The third kappa shape index (κ3) is 1.71. The lowest BCUT2D eigenvalue weighted by Crippen LogP contribution is -2.12. The Morgan fingerprint density at radius 2 is 2.17 bits per heavy atom. The summed E-state index contributed by atoms with van der Waals surface area (Å²) in [6.07, 6.45) is 2.98. The molecule has 0 bridgehead atoms. The molecule has 1 nitrogen and oxygen atoms in total. The predicted molar refractivity (Wildman–Crippen MR) is 72.9 cm³/mol. The standard InChI is InChI=1S/C15H15ClFN/c1-15(2)6-10(11-7-18-8-12(11)15)9-3-4-13(16)14(17)5-9/h3-5,7,10H,6,8H2,1-2H3. The topological polar surface area (TPSA) is 12.4 Å². The zero-order valence-electron chi connectivity index (χ0n) is 10.5. The van der Waals surface area contributed by atoms with Crippen LogP contribution in [0.15, 0.2) is 34.3 Å². The van der Waals surface area contributed by atoms with Crippen molar-refractivity contribution in [3.63, 3.8) is 0 Å². The molecular weight excluding hydrogens is 249 g/mol. The van der Waals surface area contributed by atoms with Crippen LogP contribution in [0, 0.1) is 11.2 Å². The molecule has 0 fully saturated rings. The molecule has 18 heavy (non-hydrogen) atoms. The van der Waals surface area contributed by atoms with Crippen molar-refractivity contribution in [2.24, 2.45) is 10.4 Å². The van der Waals surface area contributed by atoms with E-state index in [1.165, 1.54) is 11.1 Å². The van der Waals surface area contributed by atoms with E-state index in [0.29, 0.717) is 0 Å². The first-order chi connectivity index (χ1) is 8.49. The molecule has 0 saturated heterocycles. The van der Waals surface area contributed by atoms with E-state index >= 15 is 0 Å². The average Bonchev–Trinajstić information content (AvgIpc) is 2.86. The van der Waals surface area contributed by atoms with Crippen LogP contribution in [-0.2, 0) is 0 Å². The van der Waals surface area contributed by atoms with Gasteiger partial charge in [-0.3, -0.25) is 4.99 Å². The van der Waals surface area contributed by atoms with E-state index < -0.39 is 0 Å². The molecule has 1 unspecified atom stereocenters. The molecule has 1 aliphatic heterocycles. The second-order valence-electron chi connectivity index (χ2n) is 5.72. The highest BCUT2D eigenvalue weighted by molar-refractivity contribution is 6.30. The molecule has 1 aromatic rings. The zero-order chi connectivity index (χ0) is 12.9. The lowest BCUT2D eigenvalue weighted by atomic mass is 9.83. The minimum absolute atomic E-state index is 0.159. The van der Waals surface area contributed by atoms with Gasteiger partial charge in [0.15, 0.2) is 0 Å². The SMILES string of the molecule is CC1(C)CC(c2ccc(Cl)c(F)c2)C2=C1CN=C2. The van der Waals surface area contributed by atoms with Crippen LogP contribution in [0.25, 0.3) is 0 Å². The Balaban J connectivity index is 2.03. The molecule has 1 aromatic carbocycles.